The van der Waals surface area contributed by atoms with Crippen molar-refractivity contribution in [3.05, 3.63) is 194 Å². The van der Waals surface area contributed by atoms with Gasteiger partial charge in [0.2, 0.25) is 0 Å². The lowest BCUT2D eigenvalue weighted by Gasteiger charge is -2.13. The van der Waals surface area contributed by atoms with Gasteiger partial charge < -0.3 is 8.98 Å². The SMILES string of the molecule is c1ccc(-c2nc(-c3ccc4c(c3)sc3ccccc34)nc(-c3cccc4oc5c6ccccc6c(-n6c7cc8ccccc8cc7c7c8ccccc8ccc76)cc5c34)n2)cc1. The van der Waals surface area contributed by atoms with Gasteiger partial charge in [-0.15, -0.1) is 11.3 Å². The highest BCUT2D eigenvalue weighted by Crippen LogP contribution is 2.45. The van der Waals surface area contributed by atoms with Gasteiger partial charge in [-0.3, -0.25) is 0 Å². The number of furan rings is 1. The maximum absolute atomic E-state index is 6.92. The minimum atomic E-state index is 0.591. The second-order valence-electron chi connectivity index (χ2n) is 16.3. The maximum atomic E-state index is 6.92. The van der Waals surface area contributed by atoms with Gasteiger partial charge in [0, 0.05) is 69.2 Å². The smallest absolute Gasteiger partial charge is 0.164 e. The van der Waals surface area contributed by atoms with Crippen LogP contribution in [0.25, 0.3) is 136 Å². The molecule has 0 bridgehead atoms. The van der Waals surface area contributed by atoms with Gasteiger partial charge in [0.1, 0.15) is 11.2 Å². The largest absolute Gasteiger partial charge is 0.455 e. The highest BCUT2D eigenvalue weighted by atomic mass is 32.1. The third-order valence-electron chi connectivity index (χ3n) is 12.8. The molecule has 0 aliphatic carbocycles. The fraction of sp³-hybridized carbons (Fsp3) is 0. The Kier molecular flexibility index (Phi) is 7.21. The number of hydrogen-bond acceptors (Lipinski definition) is 5. The molecular formula is C57H32N4OS. The van der Waals surface area contributed by atoms with Gasteiger partial charge in [-0.2, -0.15) is 0 Å². The molecule has 0 aliphatic heterocycles. The van der Waals surface area contributed by atoms with Crippen LogP contribution in [-0.2, 0) is 0 Å². The molecule has 14 rings (SSSR count). The summed E-state index contributed by atoms with van der Waals surface area (Å²) in [5, 5.41) is 14.0. The van der Waals surface area contributed by atoms with E-state index in [0.717, 1.165) is 66.1 Å². The molecule has 10 aromatic carbocycles. The summed E-state index contributed by atoms with van der Waals surface area (Å²) in [5.74, 6) is 1.83. The van der Waals surface area contributed by atoms with E-state index in [-0.39, 0.29) is 0 Å². The molecule has 0 saturated heterocycles. The summed E-state index contributed by atoms with van der Waals surface area (Å²) in [6.07, 6.45) is 0. The number of rotatable bonds is 4. The predicted molar refractivity (Wildman–Crippen MR) is 263 cm³/mol. The minimum Gasteiger partial charge on any atom is -0.455 e. The van der Waals surface area contributed by atoms with E-state index >= 15 is 0 Å². The molecule has 0 amide bonds. The zero-order valence-corrected chi connectivity index (χ0v) is 34.4. The van der Waals surface area contributed by atoms with Crippen molar-refractivity contribution in [1.29, 1.82) is 0 Å². The fourth-order valence-corrected chi connectivity index (χ4v) is 11.1. The van der Waals surface area contributed by atoms with E-state index in [9.17, 15) is 0 Å². The first kappa shape index (κ1) is 34.5. The van der Waals surface area contributed by atoms with Crippen LogP contribution in [0.5, 0.6) is 0 Å². The molecule has 292 valence electrons. The van der Waals surface area contributed by atoms with Gasteiger partial charge >= 0.3 is 0 Å². The second-order valence-corrected chi connectivity index (χ2v) is 17.4. The van der Waals surface area contributed by atoms with Crippen LogP contribution in [0.4, 0.5) is 0 Å². The monoisotopic (exact) mass is 820 g/mol. The van der Waals surface area contributed by atoms with E-state index in [2.05, 4.69) is 174 Å². The summed E-state index contributed by atoms with van der Waals surface area (Å²) in [5.41, 5.74) is 7.76. The Morgan fingerprint density at radius 2 is 1.06 bits per heavy atom. The molecule has 0 aliphatic rings. The van der Waals surface area contributed by atoms with E-state index in [1.807, 2.05) is 24.3 Å². The Morgan fingerprint density at radius 1 is 0.381 bits per heavy atom. The molecule has 0 spiro atoms. The van der Waals surface area contributed by atoms with Crippen LogP contribution >= 0.6 is 11.3 Å². The Bertz CT molecular complexity index is 4220. The van der Waals surface area contributed by atoms with Gasteiger partial charge in [0.05, 0.1) is 16.7 Å². The maximum Gasteiger partial charge on any atom is 0.164 e. The molecule has 0 saturated carbocycles. The first-order valence-corrected chi connectivity index (χ1v) is 22.0. The Morgan fingerprint density at radius 3 is 1.92 bits per heavy atom. The summed E-state index contributed by atoms with van der Waals surface area (Å²) < 4.78 is 11.8. The van der Waals surface area contributed by atoms with Crippen LogP contribution in [-0.4, -0.2) is 19.5 Å². The molecule has 4 aromatic heterocycles. The molecule has 0 atom stereocenters. The van der Waals surface area contributed by atoms with E-state index in [1.165, 1.54) is 52.5 Å². The van der Waals surface area contributed by atoms with E-state index < -0.39 is 0 Å². The fourth-order valence-electron chi connectivity index (χ4n) is 9.94. The molecule has 14 aromatic rings. The molecule has 5 nitrogen and oxygen atoms in total. The zero-order chi connectivity index (χ0) is 41.2. The molecule has 0 radical (unpaired) electrons. The van der Waals surface area contributed by atoms with Crippen molar-refractivity contribution in [2.45, 2.75) is 0 Å². The third-order valence-corrected chi connectivity index (χ3v) is 13.9. The lowest BCUT2D eigenvalue weighted by Crippen LogP contribution is -2.00. The Hall–Kier alpha value is -8.19. The van der Waals surface area contributed by atoms with Crippen molar-refractivity contribution in [2.24, 2.45) is 0 Å². The highest BCUT2D eigenvalue weighted by molar-refractivity contribution is 7.25. The average Bonchev–Trinajstić information content (AvgIpc) is 4.02. The topological polar surface area (TPSA) is 56.7 Å². The number of thiophene rings is 1. The highest BCUT2D eigenvalue weighted by Gasteiger charge is 2.23. The molecule has 4 heterocycles. The first-order chi connectivity index (χ1) is 31.2. The molecule has 0 unspecified atom stereocenters. The van der Waals surface area contributed by atoms with E-state index in [1.54, 1.807) is 11.3 Å². The number of aromatic nitrogens is 4. The predicted octanol–water partition coefficient (Wildman–Crippen LogP) is 15.7. The van der Waals surface area contributed by atoms with Crippen molar-refractivity contribution in [2.75, 3.05) is 0 Å². The number of hydrogen-bond donors (Lipinski definition) is 0. The summed E-state index contributed by atoms with van der Waals surface area (Å²) in [6, 6.07) is 69.1. The molecule has 0 N–H and O–H groups in total. The van der Waals surface area contributed by atoms with Gasteiger partial charge in [0.25, 0.3) is 0 Å². The minimum absolute atomic E-state index is 0.591. The van der Waals surface area contributed by atoms with E-state index in [0.29, 0.717) is 17.5 Å². The quantitative estimate of drug-likeness (QED) is 0.177. The Balaban J connectivity index is 1.06. The number of nitrogens with zero attached hydrogens (tertiary/aromatic N) is 4. The van der Waals surface area contributed by atoms with Crippen LogP contribution in [0.3, 0.4) is 0 Å². The normalized spacial score (nSPS) is 12.1. The van der Waals surface area contributed by atoms with Gasteiger partial charge in [-0.05, 0) is 64.0 Å². The lowest BCUT2D eigenvalue weighted by atomic mass is 10.0. The number of benzene rings is 10. The van der Waals surface area contributed by atoms with Gasteiger partial charge in [0.15, 0.2) is 17.5 Å². The summed E-state index contributed by atoms with van der Waals surface area (Å²) >= 11 is 1.79. The van der Waals surface area contributed by atoms with Gasteiger partial charge in [-0.1, -0.05) is 152 Å². The van der Waals surface area contributed by atoms with Gasteiger partial charge in [-0.25, -0.2) is 15.0 Å². The van der Waals surface area contributed by atoms with Crippen LogP contribution in [0, 0.1) is 0 Å². The van der Waals surface area contributed by atoms with Crippen molar-refractivity contribution < 1.29 is 4.42 Å². The van der Waals surface area contributed by atoms with Crippen molar-refractivity contribution in [3.63, 3.8) is 0 Å². The molecular weight excluding hydrogens is 789 g/mol. The molecule has 6 heteroatoms. The second kappa shape index (κ2) is 13.2. The zero-order valence-electron chi connectivity index (χ0n) is 33.6. The Labute approximate surface area is 363 Å². The van der Waals surface area contributed by atoms with Crippen LogP contribution in [0.2, 0.25) is 0 Å². The van der Waals surface area contributed by atoms with Crippen molar-refractivity contribution in [3.8, 4) is 39.9 Å². The molecule has 0 fully saturated rings. The first-order valence-electron chi connectivity index (χ1n) is 21.2. The number of fused-ring (bicyclic) bond motifs is 14. The standard InChI is InChI=1S/C57H32N4OS/c1-2-14-34(15-3-1)55-58-56(37-25-27-41-40-20-10-11-24-50(40)63-51(41)31-37)60-57(59-55)43-22-12-23-49-53(43)45-32-48(39-19-8-9-21-42(39)54(45)62-49)61-46-28-26-33-13-6-7-18-38(33)52(46)44-29-35-16-4-5-17-36(35)30-47(44)61/h1-32H. The average molecular weight is 821 g/mol. The lowest BCUT2D eigenvalue weighted by molar-refractivity contribution is 0.672. The van der Waals surface area contributed by atoms with E-state index in [4.69, 9.17) is 19.4 Å². The van der Waals surface area contributed by atoms with Crippen molar-refractivity contribution >= 4 is 108 Å². The summed E-state index contributed by atoms with van der Waals surface area (Å²) in [4.78, 5) is 15.7. The summed E-state index contributed by atoms with van der Waals surface area (Å²) in [6.45, 7) is 0. The van der Waals surface area contributed by atoms with Crippen LogP contribution in [0.1, 0.15) is 0 Å². The molecule has 63 heavy (non-hydrogen) atoms. The third kappa shape index (κ3) is 5.13. The van der Waals surface area contributed by atoms with Crippen LogP contribution in [0.15, 0.2) is 199 Å². The van der Waals surface area contributed by atoms with Crippen LogP contribution < -0.4 is 0 Å². The van der Waals surface area contributed by atoms with Crippen molar-refractivity contribution in [1.82, 2.24) is 19.5 Å². The summed E-state index contributed by atoms with van der Waals surface area (Å²) in [7, 11) is 0.